The lowest BCUT2D eigenvalue weighted by Crippen LogP contribution is -2.30. The van der Waals surface area contributed by atoms with E-state index in [0.717, 1.165) is 59.3 Å². The van der Waals surface area contributed by atoms with Crippen molar-refractivity contribution < 1.29 is 19.4 Å². The predicted molar refractivity (Wildman–Crippen MR) is 121 cm³/mol. The number of rotatable bonds is 4. The molecule has 1 aliphatic heterocycles. The number of benzene rings is 3. The summed E-state index contributed by atoms with van der Waals surface area (Å²) in [6, 6.07) is 17.9. The largest absolute Gasteiger partial charge is 0.497 e. The molecule has 2 aliphatic rings. The van der Waals surface area contributed by atoms with E-state index in [0.29, 0.717) is 17.4 Å². The highest BCUT2D eigenvalue weighted by atomic mass is 16.5. The lowest BCUT2D eigenvalue weighted by atomic mass is 9.96. The first-order valence-electron chi connectivity index (χ1n) is 10.8. The van der Waals surface area contributed by atoms with E-state index in [1.165, 1.54) is 0 Å². The summed E-state index contributed by atoms with van der Waals surface area (Å²) in [5.41, 5.74) is 2.79. The predicted octanol–water partition coefficient (Wildman–Crippen LogP) is 4.37. The third-order valence-electron chi connectivity index (χ3n) is 6.80. The number of fused-ring (bicyclic) bond motifs is 2. The van der Waals surface area contributed by atoms with Gasteiger partial charge >= 0.3 is 0 Å². The van der Waals surface area contributed by atoms with Crippen LogP contribution in [0.1, 0.15) is 23.2 Å². The van der Waals surface area contributed by atoms with E-state index < -0.39 is 0 Å². The molecule has 5 heteroatoms. The second-order valence-electron chi connectivity index (χ2n) is 8.70. The zero-order chi connectivity index (χ0) is 21.5. The molecule has 1 heterocycles. The van der Waals surface area contributed by atoms with Crippen LogP contribution in [-0.2, 0) is 0 Å². The quantitative estimate of drug-likeness (QED) is 0.685. The Bertz CT molecular complexity index is 1110. The molecule has 0 radical (unpaired) electrons. The van der Waals surface area contributed by atoms with Gasteiger partial charge in [0.05, 0.1) is 20.3 Å². The van der Waals surface area contributed by atoms with Gasteiger partial charge in [-0.25, -0.2) is 0 Å². The van der Waals surface area contributed by atoms with Crippen LogP contribution in [0.25, 0.3) is 21.9 Å². The van der Waals surface area contributed by atoms with Gasteiger partial charge < -0.3 is 19.5 Å². The van der Waals surface area contributed by atoms with Crippen LogP contribution in [0.5, 0.6) is 11.5 Å². The molecule has 1 saturated carbocycles. The molecular formula is C26H27NO4. The highest BCUT2D eigenvalue weighted by Crippen LogP contribution is 2.39. The van der Waals surface area contributed by atoms with Crippen LogP contribution in [0.2, 0.25) is 0 Å². The van der Waals surface area contributed by atoms with E-state index in [1.807, 2.05) is 53.4 Å². The topological polar surface area (TPSA) is 59.0 Å². The summed E-state index contributed by atoms with van der Waals surface area (Å²) < 4.78 is 10.9. The molecule has 1 unspecified atom stereocenters. The Balaban J connectivity index is 1.46. The maximum absolute atomic E-state index is 13.2. The average molecular weight is 418 g/mol. The Labute approximate surface area is 182 Å². The maximum Gasteiger partial charge on any atom is 0.253 e. The van der Waals surface area contributed by atoms with Crippen molar-refractivity contribution in [3.63, 3.8) is 0 Å². The summed E-state index contributed by atoms with van der Waals surface area (Å²) in [5, 5.41) is 12.0. The van der Waals surface area contributed by atoms with Crippen LogP contribution in [0.15, 0.2) is 54.6 Å². The SMILES string of the molecule is COc1cc(OC)cc(-c2cccc3cc(C(=O)N4C[C@H]5CC(O)C[C@H]5C4)ccc23)c1. The highest BCUT2D eigenvalue weighted by molar-refractivity contribution is 6.03. The summed E-state index contributed by atoms with van der Waals surface area (Å²) in [6.45, 7) is 1.50. The van der Waals surface area contributed by atoms with Gasteiger partial charge in [-0.2, -0.15) is 0 Å². The number of amides is 1. The van der Waals surface area contributed by atoms with E-state index in [9.17, 15) is 9.90 Å². The number of likely N-dealkylation sites (tertiary alicyclic amines) is 1. The van der Waals surface area contributed by atoms with Crippen LogP contribution < -0.4 is 9.47 Å². The first kappa shape index (κ1) is 19.9. The average Bonchev–Trinajstić information content (AvgIpc) is 3.34. The van der Waals surface area contributed by atoms with Crippen LogP contribution in [-0.4, -0.2) is 49.3 Å². The minimum absolute atomic E-state index is 0.0826. The summed E-state index contributed by atoms with van der Waals surface area (Å²) in [6.07, 6.45) is 1.44. The van der Waals surface area contributed by atoms with Crippen LogP contribution in [0.3, 0.4) is 0 Å². The number of carbonyl (C=O) groups excluding carboxylic acids is 1. The first-order chi connectivity index (χ1) is 15.1. The minimum atomic E-state index is -0.193. The van der Waals surface area contributed by atoms with Crippen molar-refractivity contribution in [2.45, 2.75) is 18.9 Å². The van der Waals surface area contributed by atoms with E-state index >= 15 is 0 Å². The van der Waals surface area contributed by atoms with Crippen molar-refractivity contribution in [2.75, 3.05) is 27.3 Å². The van der Waals surface area contributed by atoms with Gasteiger partial charge in [0.15, 0.2) is 0 Å². The number of carbonyl (C=O) groups is 1. The first-order valence-corrected chi connectivity index (χ1v) is 10.8. The maximum atomic E-state index is 13.2. The minimum Gasteiger partial charge on any atom is -0.497 e. The Morgan fingerprint density at radius 1 is 0.935 bits per heavy atom. The smallest absolute Gasteiger partial charge is 0.253 e. The van der Waals surface area contributed by atoms with Gasteiger partial charge in [-0.1, -0.05) is 24.3 Å². The fraction of sp³-hybridized carbons (Fsp3) is 0.346. The van der Waals surface area contributed by atoms with Crippen molar-refractivity contribution in [2.24, 2.45) is 11.8 Å². The fourth-order valence-electron chi connectivity index (χ4n) is 5.25. The number of hydrogen-bond donors (Lipinski definition) is 1. The summed E-state index contributed by atoms with van der Waals surface area (Å²) >= 11 is 0. The van der Waals surface area contributed by atoms with Gasteiger partial charge in [0.2, 0.25) is 0 Å². The van der Waals surface area contributed by atoms with Crippen molar-refractivity contribution >= 4 is 16.7 Å². The fourth-order valence-corrected chi connectivity index (χ4v) is 5.25. The molecule has 1 aliphatic carbocycles. The molecule has 160 valence electrons. The third-order valence-corrected chi connectivity index (χ3v) is 6.80. The molecule has 31 heavy (non-hydrogen) atoms. The molecule has 0 spiro atoms. The lowest BCUT2D eigenvalue weighted by Gasteiger charge is -2.19. The zero-order valence-electron chi connectivity index (χ0n) is 17.9. The molecule has 0 bridgehead atoms. The molecule has 2 fully saturated rings. The monoisotopic (exact) mass is 417 g/mol. The van der Waals surface area contributed by atoms with Crippen molar-refractivity contribution in [3.05, 3.63) is 60.2 Å². The molecule has 3 aromatic rings. The van der Waals surface area contributed by atoms with Gasteiger partial charge in [-0.3, -0.25) is 4.79 Å². The second-order valence-corrected chi connectivity index (χ2v) is 8.70. The van der Waals surface area contributed by atoms with Crippen molar-refractivity contribution in [1.82, 2.24) is 4.90 Å². The summed E-state index contributed by atoms with van der Waals surface area (Å²) in [5.74, 6) is 2.44. The van der Waals surface area contributed by atoms with Crippen LogP contribution in [0, 0.1) is 11.8 Å². The Kier molecular flexibility index (Phi) is 5.06. The number of aliphatic hydroxyl groups is 1. The van der Waals surface area contributed by atoms with E-state index in [1.54, 1.807) is 14.2 Å². The van der Waals surface area contributed by atoms with E-state index in [4.69, 9.17) is 9.47 Å². The molecule has 3 aromatic carbocycles. The molecule has 1 N–H and O–H groups in total. The van der Waals surface area contributed by atoms with Gasteiger partial charge in [-0.05, 0) is 70.8 Å². The van der Waals surface area contributed by atoms with Crippen molar-refractivity contribution in [1.29, 1.82) is 0 Å². The highest BCUT2D eigenvalue weighted by Gasteiger charge is 2.41. The number of aliphatic hydroxyl groups excluding tert-OH is 1. The zero-order valence-corrected chi connectivity index (χ0v) is 17.9. The molecule has 5 nitrogen and oxygen atoms in total. The standard InChI is InChI=1S/C26H27NO4/c1-30-22-11-18(12-23(13-22)31-2)24-5-3-4-16-8-17(6-7-25(16)24)26(29)27-14-19-9-21(28)10-20(19)15-27/h3-8,11-13,19-21,28H,9-10,14-15H2,1-2H3/t19-,20+,21?. The van der Waals surface area contributed by atoms with Gasteiger partial charge in [0.25, 0.3) is 5.91 Å². The number of hydrogen-bond acceptors (Lipinski definition) is 4. The number of methoxy groups -OCH3 is 2. The molecule has 0 aromatic heterocycles. The van der Waals surface area contributed by atoms with Gasteiger partial charge in [-0.15, -0.1) is 0 Å². The Hall–Kier alpha value is -3.05. The third kappa shape index (κ3) is 3.63. The van der Waals surface area contributed by atoms with Crippen molar-refractivity contribution in [3.8, 4) is 22.6 Å². The molecule has 5 rings (SSSR count). The second kappa shape index (κ2) is 7.89. The van der Waals surface area contributed by atoms with Crippen LogP contribution >= 0.6 is 0 Å². The van der Waals surface area contributed by atoms with Gasteiger partial charge in [0.1, 0.15) is 11.5 Å². The Morgan fingerprint density at radius 3 is 2.26 bits per heavy atom. The summed E-state index contributed by atoms with van der Waals surface area (Å²) in [7, 11) is 3.29. The molecule has 1 amide bonds. The normalized spacial score (nSPS) is 22.5. The number of ether oxygens (including phenoxy) is 2. The van der Waals surface area contributed by atoms with Crippen LogP contribution in [0.4, 0.5) is 0 Å². The number of nitrogens with zero attached hydrogens (tertiary/aromatic N) is 1. The summed E-state index contributed by atoms with van der Waals surface area (Å²) in [4.78, 5) is 15.1. The van der Waals surface area contributed by atoms with E-state index in [2.05, 4.69) is 6.07 Å². The van der Waals surface area contributed by atoms with Gasteiger partial charge in [0, 0.05) is 24.7 Å². The van der Waals surface area contributed by atoms with E-state index in [-0.39, 0.29) is 12.0 Å². The molecular weight excluding hydrogens is 390 g/mol. The molecule has 3 atom stereocenters. The molecule has 1 saturated heterocycles. The Morgan fingerprint density at radius 2 is 1.61 bits per heavy atom. The lowest BCUT2D eigenvalue weighted by molar-refractivity contribution is 0.0765.